The molecule has 2 heterocycles. The van der Waals surface area contributed by atoms with Gasteiger partial charge in [0, 0.05) is 17.8 Å². The lowest BCUT2D eigenvalue weighted by molar-refractivity contribution is 0.00578. The molecule has 1 aromatic rings. The lowest BCUT2D eigenvalue weighted by Crippen LogP contribution is -2.41. The van der Waals surface area contributed by atoms with Crippen molar-refractivity contribution in [3.63, 3.8) is 0 Å². The Morgan fingerprint density at radius 3 is 2.44 bits per heavy atom. The lowest BCUT2D eigenvalue weighted by atomic mass is 9.85. The first-order valence-electron chi connectivity index (χ1n) is 8.26. The van der Waals surface area contributed by atoms with Crippen LogP contribution in [0.5, 0.6) is 5.88 Å². The Kier molecular flexibility index (Phi) is 4.34. The van der Waals surface area contributed by atoms with Crippen molar-refractivity contribution in [3.05, 3.63) is 29.9 Å². The molecule has 0 bridgehead atoms. The fraction of sp³-hybridized carbons (Fsp3) is 0.588. The molecule has 2 fully saturated rings. The van der Waals surface area contributed by atoms with E-state index in [2.05, 4.69) is 9.97 Å². The zero-order valence-corrected chi connectivity index (χ0v) is 14.9. The number of hydrogen-bond acceptors (Lipinski definition) is 6. The van der Waals surface area contributed by atoms with Crippen LogP contribution in [-0.4, -0.2) is 34.9 Å². The molecule has 2 aliphatic rings. The Labute approximate surface area is 147 Å². The molecule has 0 radical (unpaired) electrons. The second kappa shape index (κ2) is 6.08. The molecule has 0 unspecified atom stereocenters. The first kappa shape index (κ1) is 17.8. The second-order valence-electron chi connectivity index (χ2n) is 7.59. The van der Waals surface area contributed by atoms with Crippen molar-refractivity contribution >= 4 is 7.12 Å². The second-order valence-corrected chi connectivity index (χ2v) is 7.59. The summed E-state index contributed by atoms with van der Waals surface area (Å²) in [7, 11) is -1.01. The Hall–Kier alpha value is -1.98. The first-order valence-corrected chi connectivity index (χ1v) is 8.26. The average molecular weight is 345 g/mol. The van der Waals surface area contributed by atoms with E-state index in [1.165, 1.54) is 18.5 Å². The molecule has 0 aromatic carbocycles. The van der Waals surface area contributed by atoms with E-state index in [1.807, 2.05) is 33.8 Å². The van der Waals surface area contributed by atoms with Gasteiger partial charge in [-0.05, 0) is 46.6 Å². The number of aromatic nitrogens is 2. The van der Waals surface area contributed by atoms with Crippen molar-refractivity contribution in [2.75, 3.05) is 6.61 Å². The predicted octanol–water partition coefficient (Wildman–Crippen LogP) is 2.99. The number of rotatable bonds is 5. The third-order valence-electron chi connectivity index (χ3n) is 5.08. The Morgan fingerprint density at radius 1 is 1.28 bits per heavy atom. The summed E-state index contributed by atoms with van der Waals surface area (Å²) >= 11 is 0. The molecule has 6 nitrogen and oxygen atoms in total. The zero-order valence-electron chi connectivity index (χ0n) is 14.9. The number of ether oxygens (including phenoxy) is 1. The van der Waals surface area contributed by atoms with Crippen LogP contribution in [0.4, 0.5) is 4.39 Å². The molecule has 1 saturated heterocycles. The highest BCUT2D eigenvalue weighted by molar-refractivity contribution is 6.53. The summed E-state index contributed by atoms with van der Waals surface area (Å²) in [6, 6.07) is 1.93. The highest BCUT2D eigenvalue weighted by Gasteiger charge is 2.54. The molecule has 25 heavy (non-hydrogen) atoms. The van der Waals surface area contributed by atoms with Crippen molar-refractivity contribution in [3.8, 4) is 11.9 Å². The molecule has 0 atom stereocenters. The molecule has 0 amide bonds. The van der Waals surface area contributed by atoms with E-state index in [4.69, 9.17) is 19.3 Å². The number of nitrogens with zero attached hydrogens (tertiary/aromatic N) is 3. The van der Waals surface area contributed by atoms with Crippen molar-refractivity contribution in [1.82, 2.24) is 9.97 Å². The number of nitriles is 1. The van der Waals surface area contributed by atoms with Gasteiger partial charge in [-0.2, -0.15) is 5.26 Å². The van der Waals surface area contributed by atoms with Gasteiger partial charge in [0.2, 0.25) is 5.69 Å². The molecule has 8 heteroatoms. The van der Waals surface area contributed by atoms with Gasteiger partial charge in [0.05, 0.1) is 17.8 Å². The molecule has 3 rings (SSSR count). The SMILES string of the molecule is CC1(C)OB(C(F)=CC2(COc3nccnc3C#N)CC2)OC1(C)C. The van der Waals surface area contributed by atoms with Crippen molar-refractivity contribution in [2.24, 2.45) is 5.41 Å². The van der Waals surface area contributed by atoms with Crippen LogP contribution < -0.4 is 4.74 Å². The summed E-state index contributed by atoms with van der Waals surface area (Å²) in [5, 5.41) is 9.01. The van der Waals surface area contributed by atoms with Crippen molar-refractivity contribution in [1.29, 1.82) is 5.26 Å². The van der Waals surface area contributed by atoms with Gasteiger partial charge in [0.1, 0.15) is 11.8 Å². The van der Waals surface area contributed by atoms with Gasteiger partial charge in [-0.3, -0.25) is 0 Å². The monoisotopic (exact) mass is 345 g/mol. The fourth-order valence-electron chi connectivity index (χ4n) is 2.53. The molecule has 132 valence electrons. The molecular weight excluding hydrogens is 324 g/mol. The van der Waals surface area contributed by atoms with Gasteiger partial charge in [0.15, 0.2) is 0 Å². The van der Waals surface area contributed by atoms with E-state index in [9.17, 15) is 4.39 Å². The number of halogens is 1. The van der Waals surface area contributed by atoms with E-state index in [0.29, 0.717) is 0 Å². The topological polar surface area (TPSA) is 77.3 Å². The van der Waals surface area contributed by atoms with Gasteiger partial charge in [0.25, 0.3) is 5.88 Å². The minimum Gasteiger partial charge on any atom is -0.475 e. The molecule has 0 spiro atoms. The van der Waals surface area contributed by atoms with E-state index < -0.39 is 29.5 Å². The van der Waals surface area contributed by atoms with Gasteiger partial charge >= 0.3 is 7.12 Å². The average Bonchev–Trinajstić information content (AvgIpc) is 3.27. The normalized spacial score (nSPS) is 23.2. The Bertz CT molecular complexity index is 725. The van der Waals surface area contributed by atoms with E-state index in [1.54, 1.807) is 0 Å². The smallest absolute Gasteiger partial charge is 0.475 e. The minimum atomic E-state index is -1.01. The van der Waals surface area contributed by atoms with E-state index >= 15 is 0 Å². The van der Waals surface area contributed by atoms with Crippen LogP contribution in [-0.2, 0) is 9.31 Å². The van der Waals surface area contributed by atoms with Gasteiger partial charge in [-0.25, -0.2) is 14.4 Å². The largest absolute Gasteiger partial charge is 0.524 e. The van der Waals surface area contributed by atoms with Gasteiger partial charge in [-0.1, -0.05) is 0 Å². The lowest BCUT2D eigenvalue weighted by Gasteiger charge is -2.32. The maximum atomic E-state index is 14.7. The molecule has 1 aliphatic heterocycles. The quantitative estimate of drug-likeness (QED) is 0.764. The fourth-order valence-corrected chi connectivity index (χ4v) is 2.53. The van der Waals surface area contributed by atoms with Crippen LogP contribution in [0.3, 0.4) is 0 Å². The van der Waals surface area contributed by atoms with Crippen LogP contribution in [0.15, 0.2) is 24.2 Å². The molecule has 1 aliphatic carbocycles. The molecule has 1 aromatic heterocycles. The zero-order chi connectivity index (χ0) is 18.3. The maximum Gasteiger partial charge on any atom is 0.524 e. The van der Waals surface area contributed by atoms with Crippen molar-refractivity contribution < 1.29 is 18.4 Å². The summed E-state index contributed by atoms with van der Waals surface area (Å²) in [4.78, 5) is 7.90. The number of hydrogen-bond donors (Lipinski definition) is 0. The summed E-state index contributed by atoms with van der Waals surface area (Å²) in [6.45, 7) is 7.76. The van der Waals surface area contributed by atoms with Crippen molar-refractivity contribution in [2.45, 2.75) is 51.7 Å². The Morgan fingerprint density at radius 2 is 1.88 bits per heavy atom. The van der Waals surface area contributed by atoms with Crippen LogP contribution in [0, 0.1) is 16.7 Å². The molecule has 1 saturated carbocycles. The standard InChI is InChI=1S/C17H21BFN3O3/c1-15(2)16(3,4)25-18(24-15)13(19)9-17(5-6-17)11-23-14-12(10-20)21-7-8-22-14/h7-9H,5-6,11H2,1-4H3. The maximum absolute atomic E-state index is 14.7. The first-order chi connectivity index (χ1) is 11.7. The highest BCUT2D eigenvalue weighted by atomic mass is 19.1. The molecule has 0 N–H and O–H groups in total. The van der Waals surface area contributed by atoms with Crippen LogP contribution in [0.25, 0.3) is 0 Å². The third kappa shape index (κ3) is 3.53. The van der Waals surface area contributed by atoms with Crippen LogP contribution >= 0.6 is 0 Å². The summed E-state index contributed by atoms with van der Waals surface area (Å²) in [5.74, 6) is 0.167. The van der Waals surface area contributed by atoms with Crippen LogP contribution in [0.2, 0.25) is 0 Å². The van der Waals surface area contributed by atoms with E-state index in [-0.39, 0.29) is 18.2 Å². The summed E-state index contributed by atoms with van der Waals surface area (Å²) < 4.78 is 31.7. The predicted molar refractivity (Wildman–Crippen MR) is 89.2 cm³/mol. The summed E-state index contributed by atoms with van der Waals surface area (Å²) in [5.41, 5.74) is -1.92. The van der Waals surface area contributed by atoms with Crippen LogP contribution in [0.1, 0.15) is 46.2 Å². The van der Waals surface area contributed by atoms with Gasteiger partial charge in [-0.15, -0.1) is 0 Å². The highest BCUT2D eigenvalue weighted by Crippen LogP contribution is 2.49. The molecular formula is C17H21BFN3O3. The summed E-state index contributed by atoms with van der Waals surface area (Å²) in [6.07, 6.45) is 5.99. The Balaban J connectivity index is 1.68. The van der Waals surface area contributed by atoms with E-state index in [0.717, 1.165) is 12.8 Å². The van der Waals surface area contributed by atoms with Gasteiger partial charge < -0.3 is 14.0 Å². The third-order valence-corrected chi connectivity index (χ3v) is 5.08. The minimum absolute atomic E-state index is 0.119.